The number of nitrogens with zero attached hydrogens (tertiary/aromatic N) is 2. The van der Waals surface area contributed by atoms with Gasteiger partial charge >= 0.3 is 0 Å². The standard InChI is InChI=1S/C31H45N5O5/c1-2-40-22-16-21-17-36(31(39)28(20-8-4-3-5-9-20)34-29(37)25-12-14-32-25)26(19-35(21)18-22)30(38)33-24-13-15-41-27-11-7-6-10-23(24)27/h6-7,10-11,20-22,24-26,28,32H,2-5,8-9,12-19H2,1H3,(H,33,38)(H,34,37)/t21-,22-,24-,25-,26+,28+/m1/s1. The van der Waals surface area contributed by atoms with Gasteiger partial charge in [-0.2, -0.15) is 0 Å². The Morgan fingerprint density at radius 1 is 1.05 bits per heavy atom. The lowest BCUT2D eigenvalue weighted by Crippen LogP contribution is -2.67. The van der Waals surface area contributed by atoms with E-state index in [-0.39, 0.29) is 47.9 Å². The molecule has 4 fully saturated rings. The molecule has 10 heteroatoms. The van der Waals surface area contributed by atoms with E-state index in [2.05, 4.69) is 20.9 Å². The molecule has 1 saturated carbocycles. The van der Waals surface area contributed by atoms with Crippen molar-refractivity contribution in [3.63, 3.8) is 0 Å². The smallest absolute Gasteiger partial charge is 0.246 e. The third-order valence-electron chi connectivity index (χ3n) is 9.77. The van der Waals surface area contributed by atoms with Gasteiger partial charge in [-0.3, -0.25) is 19.3 Å². The van der Waals surface area contributed by atoms with Crippen LogP contribution in [0.15, 0.2) is 24.3 Å². The molecule has 1 aliphatic carbocycles. The molecule has 6 atom stereocenters. The van der Waals surface area contributed by atoms with E-state index in [1.165, 1.54) is 0 Å². The van der Waals surface area contributed by atoms with Crippen LogP contribution >= 0.6 is 0 Å². The number of piperazine rings is 1. The maximum Gasteiger partial charge on any atom is 0.246 e. The Labute approximate surface area is 242 Å². The Balaban J connectivity index is 1.25. The lowest BCUT2D eigenvalue weighted by Gasteiger charge is -2.45. The Kier molecular flexibility index (Phi) is 8.79. The van der Waals surface area contributed by atoms with Crippen LogP contribution in [0.25, 0.3) is 0 Å². The third-order valence-corrected chi connectivity index (χ3v) is 9.77. The molecule has 41 heavy (non-hydrogen) atoms. The molecule has 5 aliphatic rings. The highest BCUT2D eigenvalue weighted by molar-refractivity contribution is 5.94. The van der Waals surface area contributed by atoms with Crippen LogP contribution < -0.4 is 20.7 Å². The van der Waals surface area contributed by atoms with E-state index in [0.717, 1.165) is 69.3 Å². The first-order valence-corrected chi connectivity index (χ1v) is 15.7. The number of ether oxygens (including phenoxy) is 2. The zero-order valence-electron chi connectivity index (χ0n) is 24.2. The van der Waals surface area contributed by atoms with Gasteiger partial charge in [0.2, 0.25) is 17.7 Å². The van der Waals surface area contributed by atoms with Crippen molar-refractivity contribution >= 4 is 17.7 Å². The Morgan fingerprint density at radius 2 is 1.85 bits per heavy atom. The van der Waals surface area contributed by atoms with Crippen LogP contribution in [0.1, 0.15) is 69.9 Å². The molecular weight excluding hydrogens is 522 g/mol. The third kappa shape index (κ3) is 6.10. The lowest BCUT2D eigenvalue weighted by atomic mass is 9.82. The average molecular weight is 568 g/mol. The number of rotatable bonds is 8. The number of hydrogen-bond acceptors (Lipinski definition) is 7. The number of fused-ring (bicyclic) bond motifs is 2. The summed E-state index contributed by atoms with van der Waals surface area (Å²) in [5.74, 6) is 0.522. The molecule has 1 aromatic carbocycles. The molecule has 4 heterocycles. The van der Waals surface area contributed by atoms with Gasteiger partial charge in [-0.25, -0.2) is 0 Å². The molecule has 0 aromatic heterocycles. The highest BCUT2D eigenvalue weighted by Gasteiger charge is 2.47. The fraction of sp³-hybridized carbons (Fsp3) is 0.710. The van der Waals surface area contributed by atoms with Crippen LogP contribution in [0.2, 0.25) is 0 Å². The van der Waals surface area contributed by atoms with E-state index in [9.17, 15) is 14.4 Å². The Hall–Kier alpha value is -2.69. The first-order valence-electron chi connectivity index (χ1n) is 15.7. The molecule has 0 radical (unpaired) electrons. The zero-order valence-corrected chi connectivity index (χ0v) is 24.2. The molecule has 0 spiro atoms. The van der Waals surface area contributed by atoms with Crippen molar-refractivity contribution in [2.45, 2.75) is 94.6 Å². The number of para-hydroxylation sites is 1. The Morgan fingerprint density at radius 3 is 2.61 bits per heavy atom. The van der Waals surface area contributed by atoms with E-state index in [1.807, 2.05) is 31.2 Å². The number of hydrogen-bond donors (Lipinski definition) is 3. The van der Waals surface area contributed by atoms with E-state index in [1.54, 1.807) is 4.90 Å². The van der Waals surface area contributed by atoms with E-state index < -0.39 is 12.1 Å². The van der Waals surface area contributed by atoms with Crippen LogP contribution in [0.4, 0.5) is 0 Å². The van der Waals surface area contributed by atoms with Gasteiger partial charge in [0.15, 0.2) is 0 Å². The quantitative estimate of drug-likeness (QED) is 0.439. The minimum Gasteiger partial charge on any atom is -0.493 e. The van der Waals surface area contributed by atoms with Crippen molar-refractivity contribution in [2.75, 3.05) is 39.4 Å². The highest BCUT2D eigenvalue weighted by atomic mass is 16.5. The monoisotopic (exact) mass is 567 g/mol. The first-order chi connectivity index (χ1) is 20.0. The summed E-state index contributed by atoms with van der Waals surface area (Å²) in [4.78, 5) is 45.8. The molecule has 0 unspecified atom stereocenters. The SMILES string of the molecule is CCO[C@@H]1C[C@@H]2CN(C(=O)[C@@H](NC(=O)[C@H]3CCN3)C3CCCCC3)[C@H](C(=O)N[C@@H]3CCOc4ccccc43)CN2C1. The molecular formula is C31H45N5O5. The summed E-state index contributed by atoms with van der Waals surface area (Å²) in [6, 6.07) is 6.30. The van der Waals surface area contributed by atoms with E-state index >= 15 is 0 Å². The van der Waals surface area contributed by atoms with Gasteiger partial charge in [0.25, 0.3) is 0 Å². The van der Waals surface area contributed by atoms with Crippen LogP contribution in [0.3, 0.4) is 0 Å². The molecule has 3 N–H and O–H groups in total. The molecule has 224 valence electrons. The van der Waals surface area contributed by atoms with Gasteiger partial charge in [0.05, 0.1) is 24.8 Å². The number of carbonyl (C=O) groups is 3. The minimum absolute atomic E-state index is 0.0872. The minimum atomic E-state index is -0.640. The fourth-order valence-electron chi connectivity index (χ4n) is 7.40. The molecule has 4 aliphatic heterocycles. The van der Waals surface area contributed by atoms with Gasteiger partial charge < -0.3 is 30.3 Å². The summed E-state index contributed by atoms with van der Waals surface area (Å²) in [6.07, 6.45) is 7.52. The van der Waals surface area contributed by atoms with Crippen molar-refractivity contribution in [2.24, 2.45) is 5.92 Å². The lowest BCUT2D eigenvalue weighted by molar-refractivity contribution is -0.150. The number of nitrogens with one attached hydrogen (secondary N) is 3. The van der Waals surface area contributed by atoms with Crippen molar-refractivity contribution < 1.29 is 23.9 Å². The number of carbonyl (C=O) groups excluding carboxylic acids is 3. The summed E-state index contributed by atoms with van der Waals surface area (Å²) in [6.45, 7) is 5.70. The van der Waals surface area contributed by atoms with E-state index in [0.29, 0.717) is 32.7 Å². The summed E-state index contributed by atoms with van der Waals surface area (Å²) in [5, 5.41) is 9.59. The van der Waals surface area contributed by atoms with Gasteiger partial charge in [0, 0.05) is 44.3 Å². The van der Waals surface area contributed by atoms with Crippen LogP contribution in [0.5, 0.6) is 5.75 Å². The predicted octanol–water partition coefficient (Wildman–Crippen LogP) is 1.74. The van der Waals surface area contributed by atoms with Crippen molar-refractivity contribution in [1.29, 1.82) is 0 Å². The predicted molar refractivity (Wildman–Crippen MR) is 153 cm³/mol. The Bertz CT molecular complexity index is 1110. The van der Waals surface area contributed by atoms with Gasteiger partial charge in [-0.1, -0.05) is 37.5 Å². The highest BCUT2D eigenvalue weighted by Crippen LogP contribution is 2.34. The summed E-state index contributed by atoms with van der Waals surface area (Å²) in [7, 11) is 0. The summed E-state index contributed by atoms with van der Waals surface area (Å²) >= 11 is 0. The maximum absolute atomic E-state index is 14.5. The van der Waals surface area contributed by atoms with Gasteiger partial charge in [-0.05, 0) is 51.1 Å². The van der Waals surface area contributed by atoms with Crippen molar-refractivity contribution in [3.8, 4) is 5.75 Å². The maximum atomic E-state index is 14.5. The van der Waals surface area contributed by atoms with Crippen LogP contribution in [0, 0.1) is 5.92 Å². The van der Waals surface area contributed by atoms with Gasteiger partial charge in [-0.15, -0.1) is 0 Å². The topological polar surface area (TPSA) is 112 Å². The molecule has 10 nitrogen and oxygen atoms in total. The van der Waals surface area contributed by atoms with Crippen molar-refractivity contribution in [1.82, 2.24) is 25.8 Å². The molecule has 0 bridgehead atoms. The van der Waals surface area contributed by atoms with Crippen LogP contribution in [-0.4, -0.2) is 97.2 Å². The fourth-order valence-corrected chi connectivity index (χ4v) is 7.40. The summed E-state index contributed by atoms with van der Waals surface area (Å²) in [5.41, 5.74) is 0.969. The van der Waals surface area contributed by atoms with E-state index in [4.69, 9.17) is 9.47 Å². The average Bonchev–Trinajstić information content (AvgIpc) is 3.36. The van der Waals surface area contributed by atoms with Crippen molar-refractivity contribution in [3.05, 3.63) is 29.8 Å². The largest absolute Gasteiger partial charge is 0.493 e. The number of benzene rings is 1. The second-order valence-corrected chi connectivity index (χ2v) is 12.3. The molecule has 1 aromatic rings. The second-order valence-electron chi connectivity index (χ2n) is 12.3. The molecule has 3 saturated heterocycles. The van der Waals surface area contributed by atoms with Gasteiger partial charge in [0.1, 0.15) is 17.8 Å². The zero-order chi connectivity index (χ0) is 28.3. The number of amides is 3. The second kappa shape index (κ2) is 12.7. The summed E-state index contributed by atoms with van der Waals surface area (Å²) < 4.78 is 11.8. The normalized spacial score (nSPS) is 30.8. The first kappa shape index (κ1) is 28.4. The van der Waals surface area contributed by atoms with Crippen LogP contribution in [-0.2, 0) is 19.1 Å². The molecule has 6 rings (SSSR count). The molecule has 3 amide bonds.